The minimum atomic E-state index is -0.0189. The zero-order chi connectivity index (χ0) is 21.7. The highest BCUT2D eigenvalue weighted by molar-refractivity contribution is 9.10. The lowest BCUT2D eigenvalue weighted by molar-refractivity contribution is 0.557. The van der Waals surface area contributed by atoms with Crippen molar-refractivity contribution in [1.29, 1.82) is 0 Å². The summed E-state index contributed by atoms with van der Waals surface area (Å²) < 4.78 is 4.79. The van der Waals surface area contributed by atoms with Crippen molar-refractivity contribution in [3.8, 4) is 16.9 Å². The van der Waals surface area contributed by atoms with Crippen LogP contribution in [0, 0.1) is 0 Å². The zero-order valence-corrected chi connectivity index (χ0v) is 18.6. The van der Waals surface area contributed by atoms with Crippen LogP contribution in [0.1, 0.15) is 18.7 Å². The largest absolute Gasteiger partial charge is 0.278 e. The second-order valence-electron chi connectivity index (χ2n) is 7.58. The Morgan fingerprint density at radius 3 is 2.81 bits per heavy atom. The predicted molar refractivity (Wildman–Crippen MR) is 125 cm³/mol. The third kappa shape index (κ3) is 3.09. The summed E-state index contributed by atoms with van der Waals surface area (Å²) in [7, 11) is 0. The number of rotatable bonds is 4. The van der Waals surface area contributed by atoms with E-state index < -0.39 is 0 Å². The average molecular weight is 485 g/mol. The fourth-order valence-corrected chi connectivity index (χ4v) is 4.17. The summed E-state index contributed by atoms with van der Waals surface area (Å²) in [5.74, 6) is 0. The summed E-state index contributed by atoms with van der Waals surface area (Å²) in [6.45, 7) is 2.09. The maximum atomic E-state index is 4.58. The number of aromatic nitrogens is 8. The molecule has 0 fully saturated rings. The number of fused-ring (bicyclic) bond motifs is 2. The van der Waals surface area contributed by atoms with Crippen molar-refractivity contribution < 1.29 is 0 Å². The van der Waals surface area contributed by atoms with Crippen molar-refractivity contribution in [3.63, 3.8) is 0 Å². The highest BCUT2D eigenvalue weighted by atomic mass is 79.9. The Morgan fingerprint density at radius 1 is 1.00 bits per heavy atom. The van der Waals surface area contributed by atoms with E-state index in [0.717, 1.165) is 49.0 Å². The van der Waals surface area contributed by atoms with Gasteiger partial charge in [-0.2, -0.15) is 10.2 Å². The van der Waals surface area contributed by atoms with E-state index in [1.54, 1.807) is 6.20 Å². The summed E-state index contributed by atoms with van der Waals surface area (Å²) in [4.78, 5) is 4.54. The molecule has 0 radical (unpaired) electrons. The van der Waals surface area contributed by atoms with Crippen molar-refractivity contribution in [2.45, 2.75) is 13.0 Å². The number of H-pyrrole nitrogens is 1. The zero-order valence-electron chi connectivity index (χ0n) is 17.0. The summed E-state index contributed by atoms with van der Waals surface area (Å²) in [6.07, 6.45) is 5.43. The van der Waals surface area contributed by atoms with E-state index in [9.17, 15) is 0 Å². The molecule has 0 aliphatic carbocycles. The molecule has 0 saturated carbocycles. The molecule has 1 atom stereocenters. The van der Waals surface area contributed by atoms with Gasteiger partial charge >= 0.3 is 0 Å². The van der Waals surface area contributed by atoms with Crippen molar-refractivity contribution in [2.75, 3.05) is 0 Å². The van der Waals surface area contributed by atoms with Crippen molar-refractivity contribution >= 4 is 37.9 Å². The molecule has 1 N–H and O–H groups in total. The number of halogens is 1. The van der Waals surface area contributed by atoms with Crippen LogP contribution < -0.4 is 0 Å². The first-order valence-corrected chi connectivity index (χ1v) is 10.9. The second kappa shape index (κ2) is 7.38. The smallest absolute Gasteiger partial charge is 0.113 e. The quantitative estimate of drug-likeness (QED) is 0.383. The number of aromatic amines is 1. The second-order valence-corrected chi connectivity index (χ2v) is 8.50. The SMILES string of the molecule is CC(c1ccc(Br)cn1)n1nccc1-c1ccc2nnn(-c3ccc4cn[nH]c4c3)c2c1. The number of hydrogen-bond acceptors (Lipinski definition) is 5. The number of nitrogens with zero attached hydrogens (tertiary/aromatic N) is 7. The van der Waals surface area contributed by atoms with Crippen molar-refractivity contribution in [3.05, 3.63) is 83.4 Å². The fraction of sp³-hybridized carbons (Fsp3) is 0.0870. The lowest BCUT2D eigenvalue weighted by atomic mass is 10.1. The lowest BCUT2D eigenvalue weighted by Gasteiger charge is -2.15. The third-order valence-corrected chi connectivity index (χ3v) is 6.10. The monoisotopic (exact) mass is 484 g/mol. The van der Waals surface area contributed by atoms with Crippen LogP contribution in [0.4, 0.5) is 0 Å². The molecular weight excluding hydrogens is 468 g/mol. The minimum Gasteiger partial charge on any atom is -0.278 e. The summed E-state index contributed by atoms with van der Waals surface area (Å²) >= 11 is 3.45. The predicted octanol–water partition coefficient (Wildman–Crippen LogP) is 4.93. The first kappa shape index (κ1) is 18.9. The van der Waals surface area contributed by atoms with Crippen LogP contribution in [0.3, 0.4) is 0 Å². The molecule has 6 rings (SSSR count). The van der Waals surface area contributed by atoms with E-state index in [2.05, 4.69) is 65.6 Å². The van der Waals surface area contributed by atoms with Gasteiger partial charge in [-0.05, 0) is 71.4 Å². The Balaban J connectivity index is 1.44. The molecule has 0 aliphatic rings. The molecular formula is C23H17BrN8. The summed E-state index contributed by atoms with van der Waals surface area (Å²) in [5.41, 5.74) is 6.60. The Morgan fingerprint density at radius 2 is 1.94 bits per heavy atom. The van der Waals surface area contributed by atoms with Crippen LogP contribution in [0.2, 0.25) is 0 Å². The summed E-state index contributed by atoms with van der Waals surface area (Å²) in [5, 5.41) is 21.5. The van der Waals surface area contributed by atoms with E-state index in [1.807, 2.05) is 64.2 Å². The molecule has 2 aromatic carbocycles. The van der Waals surface area contributed by atoms with E-state index in [1.165, 1.54) is 0 Å². The van der Waals surface area contributed by atoms with Gasteiger partial charge in [-0.3, -0.25) is 14.8 Å². The van der Waals surface area contributed by atoms with Crippen LogP contribution in [0.25, 0.3) is 38.9 Å². The van der Waals surface area contributed by atoms with E-state index >= 15 is 0 Å². The standard InChI is InChI=1S/C23H17BrN8/c1-14(19-7-4-17(24)13-25-19)31-22(8-9-27-31)15-3-6-20-23(10-15)32(30-29-20)18-5-2-16-12-26-28-21(16)11-18/h2-14H,1H3,(H,26,28). The number of nitrogens with one attached hydrogen (secondary N) is 1. The Hall–Kier alpha value is -3.85. The Bertz CT molecular complexity index is 1560. The van der Waals surface area contributed by atoms with Crippen LogP contribution >= 0.6 is 15.9 Å². The lowest BCUT2D eigenvalue weighted by Crippen LogP contribution is -2.11. The third-order valence-electron chi connectivity index (χ3n) is 5.63. The summed E-state index contributed by atoms with van der Waals surface area (Å²) in [6, 6.07) is 18.2. The molecule has 6 aromatic rings. The molecule has 4 aromatic heterocycles. The van der Waals surface area contributed by atoms with Crippen LogP contribution in [0.5, 0.6) is 0 Å². The van der Waals surface area contributed by atoms with Gasteiger partial charge < -0.3 is 0 Å². The van der Waals surface area contributed by atoms with E-state index in [4.69, 9.17) is 0 Å². The van der Waals surface area contributed by atoms with Gasteiger partial charge in [0.2, 0.25) is 0 Å². The van der Waals surface area contributed by atoms with Crippen LogP contribution in [-0.4, -0.2) is 40.0 Å². The van der Waals surface area contributed by atoms with Crippen LogP contribution in [-0.2, 0) is 0 Å². The molecule has 4 heterocycles. The highest BCUT2D eigenvalue weighted by Crippen LogP contribution is 2.29. The van der Waals surface area contributed by atoms with Crippen molar-refractivity contribution in [2.24, 2.45) is 0 Å². The molecule has 32 heavy (non-hydrogen) atoms. The molecule has 156 valence electrons. The van der Waals surface area contributed by atoms with Gasteiger partial charge in [0.1, 0.15) is 5.52 Å². The van der Waals surface area contributed by atoms with Gasteiger partial charge in [0.25, 0.3) is 0 Å². The maximum Gasteiger partial charge on any atom is 0.113 e. The molecule has 0 aliphatic heterocycles. The van der Waals surface area contributed by atoms with Crippen LogP contribution in [0.15, 0.2) is 77.7 Å². The normalized spacial score (nSPS) is 12.6. The highest BCUT2D eigenvalue weighted by Gasteiger charge is 2.16. The first-order chi connectivity index (χ1) is 15.7. The molecule has 0 spiro atoms. The molecule has 9 heteroatoms. The molecule has 0 saturated heterocycles. The first-order valence-electron chi connectivity index (χ1n) is 10.1. The average Bonchev–Trinajstić information content (AvgIpc) is 3.57. The van der Waals surface area contributed by atoms with E-state index in [-0.39, 0.29) is 6.04 Å². The van der Waals surface area contributed by atoms with E-state index in [0.29, 0.717) is 0 Å². The minimum absolute atomic E-state index is 0.0189. The molecule has 1 unspecified atom stereocenters. The van der Waals surface area contributed by atoms with Gasteiger partial charge in [0, 0.05) is 27.8 Å². The van der Waals surface area contributed by atoms with Gasteiger partial charge in [-0.25, -0.2) is 4.68 Å². The fourth-order valence-electron chi connectivity index (χ4n) is 3.94. The number of hydrogen-bond donors (Lipinski definition) is 1. The molecule has 8 nitrogen and oxygen atoms in total. The molecule has 0 amide bonds. The Kier molecular flexibility index (Phi) is 4.36. The van der Waals surface area contributed by atoms with Crippen molar-refractivity contribution in [1.82, 2.24) is 40.0 Å². The topological polar surface area (TPSA) is 90.1 Å². The number of benzene rings is 2. The Labute approximate surface area is 191 Å². The van der Waals surface area contributed by atoms with Gasteiger partial charge in [0.15, 0.2) is 0 Å². The molecule has 0 bridgehead atoms. The van der Waals surface area contributed by atoms with Gasteiger partial charge in [-0.15, -0.1) is 5.10 Å². The van der Waals surface area contributed by atoms with Gasteiger partial charge in [0.05, 0.1) is 40.3 Å². The maximum absolute atomic E-state index is 4.58. The number of pyridine rings is 1. The van der Waals surface area contributed by atoms with Gasteiger partial charge in [-0.1, -0.05) is 11.3 Å².